The minimum Gasteiger partial charge on any atom is -0.508 e. The lowest BCUT2D eigenvalue weighted by atomic mass is 10.2. The van der Waals surface area contributed by atoms with Gasteiger partial charge in [0.2, 0.25) is 0 Å². The summed E-state index contributed by atoms with van der Waals surface area (Å²) in [5.41, 5.74) is 1.57. The molecule has 1 N–H and O–H groups in total. The maximum atomic E-state index is 9.23. The van der Waals surface area contributed by atoms with Gasteiger partial charge in [0.25, 0.3) is 0 Å². The predicted octanol–water partition coefficient (Wildman–Crippen LogP) is 2.56. The summed E-state index contributed by atoms with van der Waals surface area (Å²) in [4.78, 5) is 4.23. The van der Waals surface area contributed by atoms with Crippen molar-refractivity contribution in [1.82, 2.24) is 4.98 Å². The topological polar surface area (TPSA) is 33.1 Å². The van der Waals surface area contributed by atoms with Gasteiger partial charge in [-0.2, -0.15) is 0 Å². The first kappa shape index (κ1) is 9.75. The van der Waals surface area contributed by atoms with Gasteiger partial charge in [-0.15, -0.1) is 11.3 Å². The first-order valence-corrected chi connectivity index (χ1v) is 5.35. The van der Waals surface area contributed by atoms with Crippen LogP contribution in [0, 0.1) is 18.8 Å². The maximum absolute atomic E-state index is 9.23. The molecule has 2 rings (SSSR count). The van der Waals surface area contributed by atoms with E-state index in [1.165, 1.54) is 0 Å². The Bertz CT molecular complexity index is 534. The van der Waals surface area contributed by atoms with E-state index in [1.54, 1.807) is 29.5 Å². The van der Waals surface area contributed by atoms with E-state index in [1.807, 2.05) is 18.4 Å². The van der Waals surface area contributed by atoms with Crippen molar-refractivity contribution in [2.45, 2.75) is 6.92 Å². The number of phenolic OH excluding ortho intramolecular Hbond substituents is 1. The maximum Gasteiger partial charge on any atom is 0.124 e. The normalized spacial score (nSPS) is 9.40. The van der Waals surface area contributed by atoms with Crippen LogP contribution in [0.15, 0.2) is 29.6 Å². The number of thiazole rings is 1. The molecule has 0 amide bonds. The van der Waals surface area contributed by atoms with Crippen molar-refractivity contribution in [3.63, 3.8) is 0 Å². The Labute approximate surface area is 92.2 Å². The van der Waals surface area contributed by atoms with Gasteiger partial charge in [-0.25, -0.2) is 4.98 Å². The molecular weight excluding hydrogens is 206 g/mol. The van der Waals surface area contributed by atoms with Crippen LogP contribution in [0.3, 0.4) is 0 Å². The number of nitrogens with zero attached hydrogens (tertiary/aromatic N) is 1. The zero-order chi connectivity index (χ0) is 10.7. The molecule has 0 aliphatic heterocycles. The number of aryl methyl sites for hydroxylation is 1. The van der Waals surface area contributed by atoms with Crippen LogP contribution >= 0.6 is 11.3 Å². The lowest BCUT2D eigenvalue weighted by molar-refractivity contribution is 0.475. The second-order valence-corrected chi connectivity index (χ2v) is 4.11. The first-order chi connectivity index (χ1) is 7.24. The lowest BCUT2D eigenvalue weighted by Crippen LogP contribution is -1.76. The van der Waals surface area contributed by atoms with Crippen LogP contribution < -0.4 is 0 Å². The van der Waals surface area contributed by atoms with Gasteiger partial charge in [0.05, 0.1) is 5.01 Å². The number of aromatic nitrogens is 1. The lowest BCUT2D eigenvalue weighted by Gasteiger charge is -1.90. The van der Waals surface area contributed by atoms with Crippen molar-refractivity contribution in [2.24, 2.45) is 0 Å². The number of rotatable bonds is 0. The molecule has 1 aromatic carbocycles. The van der Waals surface area contributed by atoms with Crippen molar-refractivity contribution < 1.29 is 5.11 Å². The van der Waals surface area contributed by atoms with Crippen molar-refractivity contribution in [3.05, 3.63) is 45.9 Å². The minimum absolute atomic E-state index is 0.233. The summed E-state index contributed by atoms with van der Waals surface area (Å²) < 4.78 is 0. The molecule has 0 bridgehead atoms. The quantitative estimate of drug-likeness (QED) is 0.685. The molecule has 15 heavy (non-hydrogen) atoms. The smallest absolute Gasteiger partial charge is 0.124 e. The largest absolute Gasteiger partial charge is 0.508 e. The number of hydrogen-bond acceptors (Lipinski definition) is 3. The van der Waals surface area contributed by atoms with E-state index in [0.29, 0.717) is 0 Å². The average molecular weight is 215 g/mol. The fourth-order valence-corrected chi connectivity index (χ4v) is 1.69. The molecule has 0 radical (unpaired) electrons. The molecule has 1 heterocycles. The summed E-state index contributed by atoms with van der Waals surface area (Å²) >= 11 is 1.58. The highest BCUT2D eigenvalue weighted by molar-refractivity contribution is 7.09. The van der Waals surface area contributed by atoms with Gasteiger partial charge in [-0.05, 0) is 31.0 Å². The van der Waals surface area contributed by atoms with Crippen molar-refractivity contribution >= 4 is 11.3 Å². The van der Waals surface area contributed by atoms with E-state index >= 15 is 0 Å². The monoisotopic (exact) mass is 215 g/mol. The second-order valence-electron chi connectivity index (χ2n) is 3.05. The molecular formula is C12H9NOS. The summed E-state index contributed by atoms with van der Waals surface area (Å²) in [5, 5.41) is 12.2. The van der Waals surface area contributed by atoms with Crippen molar-refractivity contribution in [3.8, 4) is 17.6 Å². The van der Waals surface area contributed by atoms with Gasteiger partial charge in [-0.1, -0.05) is 12.0 Å². The van der Waals surface area contributed by atoms with Gasteiger partial charge in [-0.3, -0.25) is 0 Å². The van der Waals surface area contributed by atoms with Gasteiger partial charge >= 0.3 is 0 Å². The molecule has 0 fully saturated rings. The Morgan fingerprint density at radius 2 is 2.20 bits per heavy atom. The molecule has 74 valence electrons. The van der Waals surface area contributed by atoms with Crippen LogP contribution in [0.2, 0.25) is 0 Å². The van der Waals surface area contributed by atoms with Gasteiger partial charge in [0, 0.05) is 10.9 Å². The molecule has 0 atom stereocenters. The van der Waals surface area contributed by atoms with Gasteiger partial charge in [0.15, 0.2) is 0 Å². The Kier molecular flexibility index (Phi) is 2.70. The third-order valence-electron chi connectivity index (χ3n) is 1.80. The molecule has 2 nitrogen and oxygen atoms in total. The summed E-state index contributed by atoms with van der Waals surface area (Å²) in [6.45, 7) is 1.95. The fourth-order valence-electron chi connectivity index (χ4n) is 1.14. The zero-order valence-corrected chi connectivity index (χ0v) is 9.01. The first-order valence-electron chi connectivity index (χ1n) is 4.47. The number of hydrogen-bond donors (Lipinski definition) is 1. The number of phenols is 1. The molecule has 1 aromatic heterocycles. The van der Waals surface area contributed by atoms with Crippen LogP contribution in [0.1, 0.15) is 16.3 Å². The van der Waals surface area contributed by atoms with Crippen LogP contribution in [0.25, 0.3) is 0 Å². The van der Waals surface area contributed by atoms with E-state index in [4.69, 9.17) is 0 Å². The third kappa shape index (κ3) is 2.58. The van der Waals surface area contributed by atoms with Crippen LogP contribution in [0.5, 0.6) is 5.75 Å². The van der Waals surface area contributed by atoms with Crippen LogP contribution in [0.4, 0.5) is 0 Å². The SMILES string of the molecule is Cc1nc(C#Cc2cccc(O)c2)cs1. The van der Waals surface area contributed by atoms with Gasteiger partial charge in [0.1, 0.15) is 11.4 Å². The minimum atomic E-state index is 0.233. The molecule has 0 aliphatic carbocycles. The summed E-state index contributed by atoms with van der Waals surface area (Å²) in [6, 6.07) is 6.88. The Morgan fingerprint density at radius 1 is 1.33 bits per heavy atom. The fraction of sp³-hybridized carbons (Fsp3) is 0.0833. The van der Waals surface area contributed by atoms with Crippen LogP contribution in [-0.4, -0.2) is 10.1 Å². The standard InChI is InChI=1S/C12H9NOS/c1-9-13-11(8-15-9)6-5-10-3-2-4-12(14)7-10/h2-4,7-8,14H,1H3. The highest BCUT2D eigenvalue weighted by Crippen LogP contribution is 2.10. The van der Waals surface area contributed by atoms with E-state index < -0.39 is 0 Å². The highest BCUT2D eigenvalue weighted by Gasteiger charge is 1.93. The Hall–Kier alpha value is -1.79. The summed E-state index contributed by atoms with van der Waals surface area (Å²) in [5.74, 6) is 6.13. The molecule has 2 aromatic rings. The van der Waals surface area contributed by atoms with Crippen molar-refractivity contribution in [1.29, 1.82) is 0 Å². The van der Waals surface area contributed by atoms with E-state index in [-0.39, 0.29) is 5.75 Å². The molecule has 0 saturated heterocycles. The average Bonchev–Trinajstić information content (AvgIpc) is 2.62. The summed E-state index contributed by atoms with van der Waals surface area (Å²) in [7, 11) is 0. The van der Waals surface area contributed by atoms with Crippen LogP contribution in [-0.2, 0) is 0 Å². The van der Waals surface area contributed by atoms with E-state index in [2.05, 4.69) is 16.8 Å². The van der Waals surface area contributed by atoms with E-state index in [9.17, 15) is 5.11 Å². The molecule has 3 heteroatoms. The number of aromatic hydroxyl groups is 1. The third-order valence-corrected chi connectivity index (χ3v) is 2.57. The molecule has 0 unspecified atom stereocenters. The second kappa shape index (κ2) is 4.16. The molecule has 0 spiro atoms. The molecule has 0 saturated carbocycles. The Balaban J connectivity index is 2.25. The zero-order valence-electron chi connectivity index (χ0n) is 8.19. The predicted molar refractivity (Wildman–Crippen MR) is 60.9 cm³/mol. The Morgan fingerprint density at radius 3 is 2.87 bits per heavy atom. The van der Waals surface area contributed by atoms with Crippen molar-refractivity contribution in [2.75, 3.05) is 0 Å². The van der Waals surface area contributed by atoms with Gasteiger partial charge < -0.3 is 5.11 Å². The summed E-state index contributed by atoms with van der Waals surface area (Å²) in [6.07, 6.45) is 0. The van der Waals surface area contributed by atoms with E-state index in [0.717, 1.165) is 16.3 Å². The molecule has 0 aliphatic rings. The highest BCUT2D eigenvalue weighted by atomic mass is 32.1. The number of benzene rings is 1.